The summed E-state index contributed by atoms with van der Waals surface area (Å²) in [5, 5.41) is 12.8. The second kappa shape index (κ2) is 4.55. The van der Waals surface area contributed by atoms with Gasteiger partial charge in [-0.1, -0.05) is 0 Å². The first kappa shape index (κ1) is 15.5. The molecule has 0 bridgehead atoms. The molecule has 1 aromatic rings. The van der Waals surface area contributed by atoms with E-state index >= 15 is 0 Å². The van der Waals surface area contributed by atoms with Crippen molar-refractivity contribution in [1.29, 1.82) is 0 Å². The summed E-state index contributed by atoms with van der Waals surface area (Å²) < 4.78 is 76.5. The summed E-state index contributed by atoms with van der Waals surface area (Å²) in [6, 6.07) is 0.579. The van der Waals surface area contributed by atoms with Crippen LogP contribution >= 0.6 is 0 Å². The van der Waals surface area contributed by atoms with E-state index in [0.29, 0.717) is 6.07 Å². The Kier molecular flexibility index (Phi) is 3.35. The van der Waals surface area contributed by atoms with Crippen LogP contribution in [-0.4, -0.2) is 33.2 Å². The van der Waals surface area contributed by atoms with Crippen LogP contribution in [0, 0.1) is 6.92 Å². The first-order chi connectivity index (χ1) is 9.45. The summed E-state index contributed by atoms with van der Waals surface area (Å²) in [5.74, 6) is -0.976. The topological polar surface area (TPSA) is 61.6 Å². The van der Waals surface area contributed by atoms with Crippen LogP contribution in [0.25, 0.3) is 0 Å². The number of aryl methyl sites for hydroxylation is 1. The van der Waals surface area contributed by atoms with E-state index < -0.39 is 36.1 Å². The summed E-state index contributed by atoms with van der Waals surface area (Å²) in [7, 11) is 0. The van der Waals surface area contributed by atoms with Crippen LogP contribution in [0.5, 0.6) is 0 Å². The Bertz CT molecular complexity index is 584. The van der Waals surface area contributed by atoms with E-state index in [1.165, 1.54) is 0 Å². The van der Waals surface area contributed by atoms with Gasteiger partial charge in [0.05, 0.1) is 0 Å². The number of aliphatic hydroxyl groups is 1. The number of hydrogen-bond acceptors (Lipinski definition) is 5. The van der Waals surface area contributed by atoms with Gasteiger partial charge in [-0.05, 0) is 13.0 Å². The van der Waals surface area contributed by atoms with E-state index in [0.717, 1.165) is 13.1 Å². The van der Waals surface area contributed by atoms with Gasteiger partial charge >= 0.3 is 12.4 Å². The lowest BCUT2D eigenvalue weighted by Gasteiger charge is -2.32. The summed E-state index contributed by atoms with van der Waals surface area (Å²) in [4.78, 5) is 6.49. The standard InChI is InChI=1S/C10H8F6N4O/c1-5-4-6(9(11,12)13)19-7(18-5)20-8(21,2-3-17-20)10(14,15)16/h3-4,21H,2H2,1H3. The minimum Gasteiger partial charge on any atom is -0.362 e. The molecule has 11 heteroatoms. The molecule has 0 aromatic carbocycles. The largest absolute Gasteiger partial charge is 0.438 e. The molecule has 0 saturated heterocycles. The Hall–Kier alpha value is -1.91. The van der Waals surface area contributed by atoms with Crippen molar-refractivity contribution >= 4 is 12.2 Å². The van der Waals surface area contributed by atoms with Crippen molar-refractivity contribution in [3.63, 3.8) is 0 Å². The Morgan fingerprint density at radius 1 is 1.19 bits per heavy atom. The molecule has 116 valence electrons. The number of aromatic nitrogens is 2. The maximum Gasteiger partial charge on any atom is 0.438 e. The van der Waals surface area contributed by atoms with Crippen molar-refractivity contribution < 1.29 is 31.4 Å². The van der Waals surface area contributed by atoms with Gasteiger partial charge in [-0.2, -0.15) is 36.5 Å². The number of hydrogen-bond donors (Lipinski definition) is 1. The van der Waals surface area contributed by atoms with Crippen LogP contribution in [0.15, 0.2) is 11.2 Å². The van der Waals surface area contributed by atoms with Crippen LogP contribution in [0.3, 0.4) is 0 Å². The summed E-state index contributed by atoms with van der Waals surface area (Å²) >= 11 is 0. The van der Waals surface area contributed by atoms with Crippen LogP contribution in [0.1, 0.15) is 17.8 Å². The van der Waals surface area contributed by atoms with Crippen molar-refractivity contribution in [2.45, 2.75) is 31.4 Å². The Morgan fingerprint density at radius 2 is 1.81 bits per heavy atom. The van der Waals surface area contributed by atoms with Gasteiger partial charge < -0.3 is 5.11 Å². The minimum atomic E-state index is -5.14. The van der Waals surface area contributed by atoms with Gasteiger partial charge in [0.25, 0.3) is 5.72 Å². The van der Waals surface area contributed by atoms with Crippen LogP contribution in [0.4, 0.5) is 32.3 Å². The third-order valence-electron chi connectivity index (χ3n) is 2.70. The van der Waals surface area contributed by atoms with Gasteiger partial charge in [-0.25, -0.2) is 9.97 Å². The zero-order valence-electron chi connectivity index (χ0n) is 10.4. The second-order valence-corrected chi connectivity index (χ2v) is 4.32. The number of anilines is 1. The van der Waals surface area contributed by atoms with E-state index in [-0.39, 0.29) is 10.7 Å². The SMILES string of the molecule is Cc1cc(C(F)(F)F)nc(N2N=CCC2(O)C(F)(F)F)n1. The molecule has 1 aliphatic rings. The van der Waals surface area contributed by atoms with E-state index in [4.69, 9.17) is 0 Å². The Labute approximate surface area is 113 Å². The molecule has 1 N–H and O–H groups in total. The first-order valence-corrected chi connectivity index (χ1v) is 5.50. The highest BCUT2D eigenvalue weighted by Crippen LogP contribution is 2.40. The average molecular weight is 314 g/mol. The molecule has 0 amide bonds. The van der Waals surface area contributed by atoms with Crippen molar-refractivity contribution in [1.82, 2.24) is 9.97 Å². The summed E-state index contributed by atoms with van der Waals surface area (Å²) in [6.45, 7) is 1.16. The van der Waals surface area contributed by atoms with E-state index in [9.17, 15) is 31.4 Å². The zero-order chi connectivity index (χ0) is 16.1. The molecule has 0 fully saturated rings. The molecule has 5 nitrogen and oxygen atoms in total. The lowest BCUT2D eigenvalue weighted by molar-refractivity contribution is -0.254. The molecular formula is C10H8F6N4O. The maximum absolute atomic E-state index is 12.9. The van der Waals surface area contributed by atoms with Crippen LogP contribution in [-0.2, 0) is 6.18 Å². The smallest absolute Gasteiger partial charge is 0.362 e. The number of rotatable bonds is 1. The quantitative estimate of drug-likeness (QED) is 0.808. The van der Waals surface area contributed by atoms with Gasteiger partial charge in [-0.3, -0.25) is 0 Å². The molecule has 2 heterocycles. The van der Waals surface area contributed by atoms with E-state index in [1.807, 2.05) is 0 Å². The van der Waals surface area contributed by atoms with Gasteiger partial charge in [0.15, 0.2) is 0 Å². The predicted molar refractivity (Wildman–Crippen MR) is 58.4 cm³/mol. The zero-order valence-corrected chi connectivity index (χ0v) is 10.4. The Balaban J connectivity index is 2.52. The third-order valence-corrected chi connectivity index (χ3v) is 2.70. The maximum atomic E-state index is 12.9. The van der Waals surface area contributed by atoms with Gasteiger partial charge in [0.1, 0.15) is 5.69 Å². The highest BCUT2D eigenvalue weighted by molar-refractivity contribution is 5.66. The lowest BCUT2D eigenvalue weighted by atomic mass is 10.1. The van der Waals surface area contributed by atoms with E-state index in [2.05, 4.69) is 15.1 Å². The van der Waals surface area contributed by atoms with E-state index in [1.54, 1.807) is 0 Å². The van der Waals surface area contributed by atoms with Gasteiger partial charge in [-0.15, -0.1) is 0 Å². The fourth-order valence-electron chi connectivity index (χ4n) is 1.68. The molecule has 0 saturated carbocycles. The highest BCUT2D eigenvalue weighted by atomic mass is 19.4. The average Bonchev–Trinajstić information content (AvgIpc) is 2.70. The molecule has 2 rings (SSSR count). The molecule has 0 aliphatic carbocycles. The molecule has 1 aromatic heterocycles. The molecule has 21 heavy (non-hydrogen) atoms. The third kappa shape index (κ3) is 2.64. The number of alkyl halides is 6. The fraction of sp³-hybridized carbons (Fsp3) is 0.500. The molecule has 0 radical (unpaired) electrons. The fourth-order valence-corrected chi connectivity index (χ4v) is 1.68. The Morgan fingerprint density at radius 3 is 2.33 bits per heavy atom. The van der Waals surface area contributed by atoms with Gasteiger partial charge in [0.2, 0.25) is 5.95 Å². The van der Waals surface area contributed by atoms with Crippen molar-refractivity contribution in [3.05, 3.63) is 17.5 Å². The number of hydrazone groups is 1. The molecule has 0 spiro atoms. The monoisotopic (exact) mass is 314 g/mol. The van der Waals surface area contributed by atoms with Gasteiger partial charge in [0, 0.05) is 18.3 Å². The van der Waals surface area contributed by atoms with Crippen molar-refractivity contribution in [2.24, 2.45) is 5.10 Å². The normalized spacial score (nSPS) is 23.0. The predicted octanol–water partition coefficient (Wildman–Crippen LogP) is 2.25. The van der Waals surface area contributed by atoms with Crippen molar-refractivity contribution in [2.75, 3.05) is 5.01 Å². The number of nitrogens with zero attached hydrogens (tertiary/aromatic N) is 4. The lowest BCUT2D eigenvalue weighted by Crippen LogP contribution is -2.55. The minimum absolute atomic E-state index is 0.0603. The first-order valence-electron chi connectivity index (χ1n) is 5.50. The summed E-state index contributed by atoms with van der Waals surface area (Å²) in [5.41, 5.74) is -5.10. The number of halogens is 6. The molecule has 1 atom stereocenters. The van der Waals surface area contributed by atoms with Crippen molar-refractivity contribution in [3.8, 4) is 0 Å². The second-order valence-electron chi connectivity index (χ2n) is 4.32. The highest BCUT2D eigenvalue weighted by Gasteiger charge is 2.61. The summed E-state index contributed by atoms with van der Waals surface area (Å²) in [6.07, 6.45) is -10.2. The molecular weight excluding hydrogens is 306 g/mol. The van der Waals surface area contributed by atoms with Crippen LogP contribution < -0.4 is 5.01 Å². The van der Waals surface area contributed by atoms with Crippen LogP contribution in [0.2, 0.25) is 0 Å². The molecule has 1 unspecified atom stereocenters. The molecule has 1 aliphatic heterocycles.